The Morgan fingerprint density at radius 3 is 2.55 bits per heavy atom. The first-order valence-corrected chi connectivity index (χ1v) is 11.7. The molecule has 2 aliphatic rings. The van der Waals surface area contributed by atoms with Crippen LogP contribution in [0.3, 0.4) is 0 Å². The molecular weight excluding hydrogens is 424 g/mol. The van der Waals surface area contributed by atoms with Crippen molar-refractivity contribution in [3.8, 4) is 17.0 Å². The molecule has 4 rings (SSSR count). The van der Waals surface area contributed by atoms with Gasteiger partial charge in [0.25, 0.3) is 0 Å². The summed E-state index contributed by atoms with van der Waals surface area (Å²) < 4.78 is 13.2. The number of carbonyl (C=O) groups is 2. The van der Waals surface area contributed by atoms with Crippen molar-refractivity contribution in [2.45, 2.75) is 70.1 Å². The second kappa shape index (κ2) is 10.2. The Balaban J connectivity index is 1.38. The molecule has 33 heavy (non-hydrogen) atoms. The molecule has 9 nitrogen and oxygen atoms in total. The molecule has 2 aromatic rings. The van der Waals surface area contributed by atoms with Crippen LogP contribution in [-0.2, 0) is 23.2 Å². The number of amides is 1. The van der Waals surface area contributed by atoms with Crippen molar-refractivity contribution < 1.29 is 24.2 Å². The van der Waals surface area contributed by atoms with Crippen LogP contribution in [0.2, 0.25) is 0 Å². The first-order chi connectivity index (χ1) is 15.9. The number of ether oxygens (including phenoxy) is 2. The summed E-state index contributed by atoms with van der Waals surface area (Å²) in [5.41, 5.74) is 2.22. The van der Waals surface area contributed by atoms with E-state index in [1.807, 2.05) is 24.3 Å². The van der Waals surface area contributed by atoms with Gasteiger partial charge < -0.3 is 19.5 Å². The van der Waals surface area contributed by atoms with Gasteiger partial charge >= 0.3 is 12.1 Å². The van der Waals surface area contributed by atoms with E-state index in [4.69, 9.17) is 9.47 Å². The molecule has 2 aliphatic carbocycles. The first-order valence-electron chi connectivity index (χ1n) is 11.7. The highest BCUT2D eigenvalue weighted by atomic mass is 16.6. The van der Waals surface area contributed by atoms with E-state index in [-0.39, 0.29) is 30.8 Å². The third kappa shape index (κ3) is 5.46. The van der Waals surface area contributed by atoms with E-state index in [0.717, 1.165) is 44.1 Å². The van der Waals surface area contributed by atoms with E-state index >= 15 is 0 Å². The number of carboxylic acid groups (broad SMARTS) is 1. The molecule has 1 aromatic heterocycles. The number of rotatable bonds is 7. The number of aryl methyl sites for hydroxylation is 1. The number of carbonyl (C=O) groups excluding carboxylic acids is 1. The van der Waals surface area contributed by atoms with Gasteiger partial charge in [-0.25, -0.2) is 9.48 Å². The van der Waals surface area contributed by atoms with Crippen molar-refractivity contribution in [2.75, 3.05) is 7.05 Å². The lowest BCUT2D eigenvalue weighted by molar-refractivity contribution is -0.143. The number of aliphatic carboxylic acids is 1. The average molecular weight is 457 g/mol. The first kappa shape index (κ1) is 23.1. The molecule has 2 fully saturated rings. The Morgan fingerprint density at radius 1 is 1.12 bits per heavy atom. The number of hydrogen-bond acceptors (Lipinski definition) is 6. The van der Waals surface area contributed by atoms with Crippen molar-refractivity contribution in [1.82, 2.24) is 19.9 Å². The largest absolute Gasteiger partial charge is 0.490 e. The maximum atomic E-state index is 12.5. The highest BCUT2D eigenvalue weighted by molar-refractivity contribution is 5.70. The minimum atomic E-state index is -0.746. The summed E-state index contributed by atoms with van der Waals surface area (Å²) in [5, 5.41) is 17.6. The van der Waals surface area contributed by atoms with E-state index < -0.39 is 5.97 Å². The van der Waals surface area contributed by atoms with Gasteiger partial charge in [-0.2, -0.15) is 0 Å². The average Bonchev–Trinajstić information content (AvgIpc) is 3.48. The molecule has 1 unspecified atom stereocenters. The Morgan fingerprint density at radius 2 is 1.85 bits per heavy atom. The molecule has 0 saturated heterocycles. The molecule has 178 valence electrons. The predicted octanol–water partition coefficient (Wildman–Crippen LogP) is 4.02. The topological polar surface area (TPSA) is 107 Å². The van der Waals surface area contributed by atoms with E-state index in [1.54, 1.807) is 23.7 Å². The zero-order chi connectivity index (χ0) is 23.4. The molecule has 0 aliphatic heterocycles. The third-order valence-electron chi connectivity index (χ3n) is 6.84. The summed E-state index contributed by atoms with van der Waals surface area (Å²) in [5.74, 6) is -0.380. The minimum Gasteiger partial charge on any atom is -0.490 e. The second-order valence-electron chi connectivity index (χ2n) is 9.08. The fourth-order valence-electron chi connectivity index (χ4n) is 4.80. The van der Waals surface area contributed by atoms with Crippen LogP contribution in [0.1, 0.15) is 57.1 Å². The van der Waals surface area contributed by atoms with Crippen LogP contribution >= 0.6 is 0 Å². The normalized spacial score (nSPS) is 21.0. The van der Waals surface area contributed by atoms with Crippen molar-refractivity contribution in [3.63, 3.8) is 0 Å². The SMILES string of the molecule is CN(C(=O)OCc1c(-c2ccc(O[C@@H]3CCCC(C(=O)O)C3)cc2)nnn1C)C1CCCC1. The number of carboxylic acids is 1. The van der Waals surface area contributed by atoms with Gasteiger partial charge in [-0.15, -0.1) is 5.10 Å². The van der Waals surface area contributed by atoms with Gasteiger partial charge in [0.05, 0.1) is 12.0 Å². The zero-order valence-electron chi connectivity index (χ0n) is 19.3. The molecule has 1 aromatic carbocycles. The lowest BCUT2D eigenvalue weighted by atomic mass is 9.87. The number of benzene rings is 1. The van der Waals surface area contributed by atoms with Gasteiger partial charge in [0.1, 0.15) is 23.7 Å². The summed E-state index contributed by atoms with van der Waals surface area (Å²) in [7, 11) is 3.57. The zero-order valence-corrected chi connectivity index (χ0v) is 19.3. The lowest BCUT2D eigenvalue weighted by Gasteiger charge is -2.27. The van der Waals surface area contributed by atoms with Crippen molar-refractivity contribution in [3.05, 3.63) is 30.0 Å². The van der Waals surface area contributed by atoms with Crippen LogP contribution in [0.15, 0.2) is 24.3 Å². The van der Waals surface area contributed by atoms with Crippen molar-refractivity contribution in [2.24, 2.45) is 13.0 Å². The Bertz CT molecular complexity index is 968. The fourth-order valence-corrected chi connectivity index (χ4v) is 4.80. The highest BCUT2D eigenvalue weighted by Crippen LogP contribution is 2.30. The molecule has 2 atom stereocenters. The predicted molar refractivity (Wildman–Crippen MR) is 121 cm³/mol. The molecule has 2 saturated carbocycles. The number of aromatic nitrogens is 3. The van der Waals surface area contributed by atoms with Gasteiger partial charge in [0.2, 0.25) is 0 Å². The molecule has 9 heteroatoms. The molecule has 0 bridgehead atoms. The summed E-state index contributed by atoms with van der Waals surface area (Å²) in [6.07, 6.45) is 6.90. The second-order valence-corrected chi connectivity index (χ2v) is 9.08. The Hall–Kier alpha value is -3.10. The van der Waals surface area contributed by atoms with Crippen molar-refractivity contribution >= 4 is 12.1 Å². The molecule has 1 heterocycles. The van der Waals surface area contributed by atoms with Gasteiger partial charge in [-0.05, 0) is 62.8 Å². The third-order valence-corrected chi connectivity index (χ3v) is 6.84. The summed E-state index contributed by atoms with van der Waals surface area (Å²) in [4.78, 5) is 25.5. The molecule has 0 radical (unpaired) electrons. The molecule has 1 amide bonds. The summed E-state index contributed by atoms with van der Waals surface area (Å²) in [6.45, 7) is 0.0889. The van der Waals surface area contributed by atoms with E-state index in [2.05, 4.69) is 10.3 Å². The number of hydrogen-bond donors (Lipinski definition) is 1. The van der Waals surface area contributed by atoms with Crippen LogP contribution in [0.4, 0.5) is 4.79 Å². The quantitative estimate of drug-likeness (QED) is 0.671. The van der Waals surface area contributed by atoms with Gasteiger partial charge in [-0.1, -0.05) is 18.1 Å². The van der Waals surface area contributed by atoms with Gasteiger partial charge in [-0.3, -0.25) is 4.79 Å². The lowest BCUT2D eigenvalue weighted by Crippen LogP contribution is -2.35. The van der Waals surface area contributed by atoms with E-state index in [0.29, 0.717) is 30.0 Å². The van der Waals surface area contributed by atoms with E-state index in [9.17, 15) is 14.7 Å². The highest BCUT2D eigenvalue weighted by Gasteiger charge is 2.28. The maximum absolute atomic E-state index is 12.5. The number of nitrogens with zero attached hydrogens (tertiary/aromatic N) is 4. The van der Waals surface area contributed by atoms with E-state index in [1.165, 1.54) is 0 Å². The monoisotopic (exact) mass is 456 g/mol. The van der Waals surface area contributed by atoms with Gasteiger partial charge in [0, 0.05) is 25.7 Å². The summed E-state index contributed by atoms with van der Waals surface area (Å²) in [6, 6.07) is 7.76. The standard InChI is InChI=1S/C24H32N4O5/c1-27(18-7-3-4-8-18)24(31)32-15-21-22(25-26-28(21)2)16-10-12-19(13-11-16)33-20-9-5-6-17(14-20)23(29)30/h10-13,17-18,20H,3-9,14-15H2,1-2H3,(H,29,30)/t17?,20-/m1/s1. The van der Waals surface area contributed by atoms with Crippen LogP contribution in [-0.4, -0.2) is 56.3 Å². The molecule has 1 N–H and O–H groups in total. The Kier molecular flexibility index (Phi) is 7.15. The van der Waals surface area contributed by atoms with Gasteiger partial charge in [0.15, 0.2) is 0 Å². The Labute approximate surface area is 193 Å². The molecule has 0 spiro atoms. The summed E-state index contributed by atoms with van der Waals surface area (Å²) >= 11 is 0. The van der Waals surface area contributed by atoms with Crippen LogP contribution in [0, 0.1) is 5.92 Å². The maximum Gasteiger partial charge on any atom is 0.410 e. The van der Waals surface area contributed by atoms with Crippen LogP contribution < -0.4 is 4.74 Å². The molecular formula is C24H32N4O5. The van der Waals surface area contributed by atoms with Crippen molar-refractivity contribution in [1.29, 1.82) is 0 Å². The minimum absolute atomic E-state index is 0.0888. The smallest absolute Gasteiger partial charge is 0.410 e. The van der Waals surface area contributed by atoms with Crippen LogP contribution in [0.25, 0.3) is 11.3 Å². The fraction of sp³-hybridized carbons (Fsp3) is 0.583. The van der Waals surface area contributed by atoms with Crippen LogP contribution in [0.5, 0.6) is 5.75 Å².